The lowest BCUT2D eigenvalue weighted by Crippen LogP contribution is -2.18. The van der Waals surface area contributed by atoms with E-state index in [-0.39, 0.29) is 0 Å². The first-order valence-electron chi connectivity index (χ1n) is 10.4. The van der Waals surface area contributed by atoms with Crippen LogP contribution >= 0.6 is 7.60 Å². The zero-order valence-electron chi connectivity index (χ0n) is 17.8. The van der Waals surface area contributed by atoms with Crippen molar-refractivity contribution in [1.82, 2.24) is 0 Å². The summed E-state index contributed by atoms with van der Waals surface area (Å²) >= 11 is 0. The normalized spacial score (nSPS) is 12.0. The molecule has 0 aromatic heterocycles. The van der Waals surface area contributed by atoms with E-state index in [4.69, 9.17) is 13.8 Å². The van der Waals surface area contributed by atoms with Crippen LogP contribution in [-0.2, 0) is 4.57 Å². The van der Waals surface area contributed by atoms with Gasteiger partial charge in [0.05, 0.1) is 6.61 Å². The third-order valence-electron chi connectivity index (χ3n) is 4.69. The summed E-state index contributed by atoms with van der Waals surface area (Å²) in [6, 6.07) is 23.8. The quantitative estimate of drug-likeness (QED) is 0.133. The Balaban J connectivity index is 1.96. The Bertz CT molecular complexity index is 982. The van der Waals surface area contributed by atoms with Gasteiger partial charge in [-0.2, -0.15) is 0 Å². The summed E-state index contributed by atoms with van der Waals surface area (Å²) in [5.74, 6) is 1.25. The van der Waals surface area contributed by atoms with Gasteiger partial charge in [0.2, 0.25) is 6.54 Å². The minimum absolute atomic E-state index is 0.305. The molecule has 32 heavy (non-hydrogen) atoms. The molecule has 3 rings (SSSR count). The number of rotatable bonds is 12. The summed E-state index contributed by atoms with van der Waals surface area (Å²) in [5, 5.41) is 11.5. The first-order chi connectivity index (χ1) is 15.5. The standard InChI is InChI=1S/C24H26NO6P/c1-2-3-18-29-21-16-14-20(15-17-21)24(19-25(26)27)32(28,30-22-10-6-4-7-11-22)31-23-12-8-5-9-13-23/h4-17,24H,2-3,18-19H2,1H3/t24-/m0/s1. The second-order valence-electron chi connectivity index (χ2n) is 7.15. The summed E-state index contributed by atoms with van der Waals surface area (Å²) in [4.78, 5) is 11.0. The number of hydrogen-bond acceptors (Lipinski definition) is 6. The molecule has 8 heteroatoms. The van der Waals surface area contributed by atoms with Crippen molar-refractivity contribution in [1.29, 1.82) is 0 Å². The molecule has 3 aromatic rings. The van der Waals surface area contributed by atoms with Crippen LogP contribution in [0, 0.1) is 10.1 Å². The summed E-state index contributed by atoms with van der Waals surface area (Å²) in [5.41, 5.74) is -0.651. The largest absolute Gasteiger partial charge is 0.494 e. The van der Waals surface area contributed by atoms with Gasteiger partial charge < -0.3 is 13.8 Å². The molecule has 0 unspecified atom stereocenters. The van der Waals surface area contributed by atoms with Crippen LogP contribution in [0.3, 0.4) is 0 Å². The zero-order chi connectivity index (χ0) is 22.8. The number of nitrogens with zero attached hydrogens (tertiary/aromatic N) is 1. The summed E-state index contributed by atoms with van der Waals surface area (Å²) in [6.07, 6.45) is 1.94. The van der Waals surface area contributed by atoms with E-state index in [2.05, 4.69) is 6.92 Å². The van der Waals surface area contributed by atoms with E-state index in [0.717, 1.165) is 12.8 Å². The van der Waals surface area contributed by atoms with E-state index in [1.54, 1.807) is 84.9 Å². The topological polar surface area (TPSA) is 87.9 Å². The minimum Gasteiger partial charge on any atom is -0.494 e. The SMILES string of the molecule is CCCCOc1ccc([C@H](C[N+](=O)[O-])P(=O)(Oc2ccccc2)Oc2ccccc2)cc1. The fraction of sp³-hybridized carbons (Fsp3) is 0.250. The summed E-state index contributed by atoms with van der Waals surface area (Å²) < 4.78 is 31.4. The highest BCUT2D eigenvalue weighted by atomic mass is 31.2. The van der Waals surface area contributed by atoms with Crippen molar-refractivity contribution in [3.05, 3.63) is 101 Å². The number of ether oxygens (including phenoxy) is 1. The van der Waals surface area contributed by atoms with Crippen molar-refractivity contribution >= 4 is 7.60 Å². The highest BCUT2D eigenvalue weighted by molar-refractivity contribution is 7.55. The lowest BCUT2D eigenvalue weighted by Gasteiger charge is -2.26. The Kier molecular flexibility index (Phi) is 8.28. The van der Waals surface area contributed by atoms with Gasteiger partial charge in [-0.1, -0.05) is 61.9 Å². The fourth-order valence-corrected chi connectivity index (χ4v) is 5.05. The Morgan fingerprint density at radius 3 is 1.84 bits per heavy atom. The summed E-state index contributed by atoms with van der Waals surface area (Å²) in [7, 11) is -4.07. The molecule has 7 nitrogen and oxygen atoms in total. The fourth-order valence-electron chi connectivity index (χ4n) is 3.05. The number of hydrogen-bond donors (Lipinski definition) is 0. The molecule has 168 valence electrons. The van der Waals surface area contributed by atoms with E-state index in [1.165, 1.54) is 0 Å². The van der Waals surface area contributed by atoms with Crippen LogP contribution in [0.4, 0.5) is 0 Å². The van der Waals surface area contributed by atoms with Gasteiger partial charge in [0.15, 0.2) is 5.66 Å². The van der Waals surface area contributed by atoms with Crippen molar-refractivity contribution in [2.45, 2.75) is 25.4 Å². The van der Waals surface area contributed by atoms with Gasteiger partial charge in [0, 0.05) is 4.92 Å². The smallest absolute Gasteiger partial charge is 0.444 e. The molecule has 0 heterocycles. The predicted octanol–water partition coefficient (Wildman–Crippen LogP) is 6.53. The molecule has 0 aliphatic heterocycles. The first-order valence-corrected chi connectivity index (χ1v) is 12.0. The van der Waals surface area contributed by atoms with Crippen LogP contribution < -0.4 is 13.8 Å². The molecular formula is C24H26NO6P. The Labute approximate surface area is 187 Å². The maximum Gasteiger partial charge on any atom is 0.444 e. The van der Waals surface area contributed by atoms with Crippen molar-refractivity contribution in [2.75, 3.05) is 13.2 Å². The predicted molar refractivity (Wildman–Crippen MR) is 123 cm³/mol. The van der Waals surface area contributed by atoms with Gasteiger partial charge in [-0.05, 0) is 48.4 Å². The van der Waals surface area contributed by atoms with Gasteiger partial charge in [-0.15, -0.1) is 0 Å². The van der Waals surface area contributed by atoms with Crippen LogP contribution in [0.25, 0.3) is 0 Å². The van der Waals surface area contributed by atoms with Crippen LogP contribution in [0.2, 0.25) is 0 Å². The Hall–Kier alpha value is -3.31. The number of para-hydroxylation sites is 2. The monoisotopic (exact) mass is 455 g/mol. The first kappa shape index (κ1) is 23.4. The molecule has 0 spiro atoms. The van der Waals surface area contributed by atoms with E-state index in [9.17, 15) is 14.7 Å². The highest BCUT2D eigenvalue weighted by Gasteiger charge is 2.44. The lowest BCUT2D eigenvalue weighted by molar-refractivity contribution is -0.480. The highest BCUT2D eigenvalue weighted by Crippen LogP contribution is 2.60. The maximum atomic E-state index is 14.1. The van der Waals surface area contributed by atoms with Gasteiger partial charge in [-0.25, -0.2) is 4.57 Å². The van der Waals surface area contributed by atoms with Crippen molar-refractivity contribution in [2.24, 2.45) is 0 Å². The molecule has 0 amide bonds. The molecule has 3 aromatic carbocycles. The van der Waals surface area contributed by atoms with Crippen molar-refractivity contribution in [3.63, 3.8) is 0 Å². The van der Waals surface area contributed by atoms with Crippen LogP contribution in [0.15, 0.2) is 84.9 Å². The summed E-state index contributed by atoms with van der Waals surface area (Å²) in [6.45, 7) is 2.04. The van der Waals surface area contributed by atoms with Crippen LogP contribution in [-0.4, -0.2) is 18.1 Å². The second kappa shape index (κ2) is 11.3. The molecule has 0 saturated carbocycles. The maximum absolute atomic E-state index is 14.1. The zero-order valence-corrected chi connectivity index (χ0v) is 18.7. The van der Waals surface area contributed by atoms with E-state index < -0.39 is 24.7 Å². The Morgan fingerprint density at radius 2 is 1.38 bits per heavy atom. The third kappa shape index (κ3) is 6.59. The average molecular weight is 455 g/mol. The Morgan fingerprint density at radius 1 is 0.844 bits per heavy atom. The molecule has 0 saturated heterocycles. The van der Waals surface area contributed by atoms with Gasteiger partial charge in [0.25, 0.3) is 0 Å². The molecule has 0 bridgehead atoms. The van der Waals surface area contributed by atoms with E-state index in [0.29, 0.717) is 29.4 Å². The molecule has 1 atom stereocenters. The molecule has 0 aliphatic rings. The molecule has 0 aliphatic carbocycles. The van der Waals surface area contributed by atoms with Crippen LogP contribution in [0.5, 0.6) is 17.2 Å². The van der Waals surface area contributed by atoms with E-state index >= 15 is 0 Å². The van der Waals surface area contributed by atoms with Gasteiger partial charge in [-0.3, -0.25) is 10.1 Å². The van der Waals surface area contributed by atoms with Crippen LogP contribution in [0.1, 0.15) is 31.0 Å². The molecular weight excluding hydrogens is 429 g/mol. The van der Waals surface area contributed by atoms with Gasteiger partial charge >= 0.3 is 7.60 Å². The van der Waals surface area contributed by atoms with Crippen molar-refractivity contribution in [3.8, 4) is 17.2 Å². The molecule has 0 radical (unpaired) electrons. The van der Waals surface area contributed by atoms with Gasteiger partial charge in [0.1, 0.15) is 17.2 Å². The average Bonchev–Trinajstić information content (AvgIpc) is 2.79. The molecule has 0 N–H and O–H groups in total. The molecule has 0 fully saturated rings. The van der Waals surface area contributed by atoms with Crippen molar-refractivity contribution < 1.29 is 23.3 Å². The number of nitro groups is 1. The third-order valence-corrected chi connectivity index (χ3v) is 6.84. The number of benzene rings is 3. The second-order valence-corrected chi connectivity index (χ2v) is 9.22. The number of unbranched alkanes of at least 4 members (excludes halogenated alkanes) is 1. The minimum atomic E-state index is -4.07. The van der Waals surface area contributed by atoms with E-state index in [1.807, 2.05) is 0 Å². The lowest BCUT2D eigenvalue weighted by atomic mass is 10.1.